The van der Waals surface area contributed by atoms with Gasteiger partial charge in [0.1, 0.15) is 12.1 Å². The lowest BCUT2D eigenvalue weighted by Gasteiger charge is -2.28. The average molecular weight is 584 g/mol. The second-order valence-corrected chi connectivity index (χ2v) is 10.7. The van der Waals surface area contributed by atoms with Gasteiger partial charge < -0.3 is 39.3 Å². The molecule has 4 atom stereocenters. The molecule has 3 N–H and O–H groups in total. The highest BCUT2D eigenvalue weighted by Gasteiger charge is 2.33. The highest BCUT2D eigenvalue weighted by molar-refractivity contribution is 5.75. The standard InChI is InChI=1S/C29H45NO11/c1-8-20(7)39-29(35)38-16-19(6)24(25(30)26(31)32)21-9-10-22(40-27(33)36-13-11-17(2)3)23(15-21)41-28(34)37-14-12-18(4)5/h9-10,15,17-20,24-25H,8,11-14,16,30H2,1-7H3,(H,31,32)/t19?,20?,24?,25-/m0/s1. The molecule has 41 heavy (non-hydrogen) atoms. The largest absolute Gasteiger partial charge is 0.513 e. The summed E-state index contributed by atoms with van der Waals surface area (Å²) in [6, 6.07) is 2.73. The highest BCUT2D eigenvalue weighted by Crippen LogP contribution is 2.36. The molecule has 12 heteroatoms. The Morgan fingerprint density at radius 1 is 0.805 bits per heavy atom. The maximum atomic E-state index is 12.4. The number of ether oxygens (including phenoxy) is 6. The molecule has 1 aromatic rings. The van der Waals surface area contributed by atoms with Crippen molar-refractivity contribution in [3.8, 4) is 11.5 Å². The van der Waals surface area contributed by atoms with Crippen LogP contribution < -0.4 is 15.2 Å². The lowest BCUT2D eigenvalue weighted by Crippen LogP contribution is -2.40. The Hall–Kier alpha value is -3.54. The molecule has 0 aromatic heterocycles. The fourth-order valence-electron chi connectivity index (χ4n) is 3.52. The van der Waals surface area contributed by atoms with Crippen LogP contribution in [0.25, 0.3) is 0 Å². The Balaban J connectivity index is 3.26. The van der Waals surface area contributed by atoms with E-state index < -0.39 is 42.3 Å². The number of aliphatic carboxylic acids is 1. The van der Waals surface area contributed by atoms with Crippen molar-refractivity contribution in [2.45, 2.75) is 85.8 Å². The number of hydrogen-bond donors (Lipinski definition) is 2. The van der Waals surface area contributed by atoms with Crippen LogP contribution in [0.2, 0.25) is 0 Å². The molecule has 0 aliphatic heterocycles. The molecular weight excluding hydrogens is 538 g/mol. The number of carboxylic acids is 1. The van der Waals surface area contributed by atoms with Gasteiger partial charge in [-0.2, -0.15) is 0 Å². The number of carbonyl (C=O) groups excluding carboxylic acids is 3. The average Bonchev–Trinajstić information content (AvgIpc) is 2.88. The molecule has 0 aliphatic rings. The maximum absolute atomic E-state index is 12.4. The minimum Gasteiger partial charge on any atom is -0.480 e. The zero-order chi connectivity index (χ0) is 31.1. The molecule has 12 nitrogen and oxygen atoms in total. The van der Waals surface area contributed by atoms with E-state index in [-0.39, 0.29) is 43.3 Å². The molecule has 232 valence electrons. The number of hydrogen-bond acceptors (Lipinski definition) is 11. The first-order chi connectivity index (χ1) is 19.2. The molecule has 0 aliphatic carbocycles. The third-order valence-corrected chi connectivity index (χ3v) is 6.19. The van der Waals surface area contributed by atoms with Gasteiger partial charge in [-0.15, -0.1) is 0 Å². The fraction of sp³-hybridized carbons (Fsp3) is 0.655. The molecule has 0 spiro atoms. The van der Waals surface area contributed by atoms with Crippen LogP contribution in [0.15, 0.2) is 18.2 Å². The molecule has 1 rings (SSSR count). The fourth-order valence-corrected chi connectivity index (χ4v) is 3.52. The van der Waals surface area contributed by atoms with E-state index in [9.17, 15) is 24.3 Å². The van der Waals surface area contributed by atoms with E-state index in [0.29, 0.717) is 30.7 Å². The van der Waals surface area contributed by atoms with E-state index in [1.807, 2.05) is 34.6 Å². The van der Waals surface area contributed by atoms with Crippen LogP contribution in [0, 0.1) is 17.8 Å². The summed E-state index contributed by atoms with van der Waals surface area (Å²) in [5, 5.41) is 9.69. The van der Waals surface area contributed by atoms with E-state index in [0.717, 1.165) is 0 Å². The second-order valence-electron chi connectivity index (χ2n) is 10.7. The van der Waals surface area contributed by atoms with Crippen LogP contribution >= 0.6 is 0 Å². The topological polar surface area (TPSA) is 170 Å². The number of nitrogens with two attached hydrogens (primary N) is 1. The lowest BCUT2D eigenvalue weighted by atomic mass is 9.82. The third-order valence-electron chi connectivity index (χ3n) is 6.19. The summed E-state index contributed by atoms with van der Waals surface area (Å²) in [6.07, 6.45) is -1.45. The Bertz CT molecular complexity index is 995. The van der Waals surface area contributed by atoms with Crippen LogP contribution in [0.4, 0.5) is 14.4 Å². The molecule has 0 saturated carbocycles. The summed E-state index contributed by atoms with van der Waals surface area (Å²) in [5.41, 5.74) is 6.37. The zero-order valence-corrected chi connectivity index (χ0v) is 25.0. The zero-order valence-electron chi connectivity index (χ0n) is 25.0. The third kappa shape index (κ3) is 13.6. The predicted molar refractivity (Wildman–Crippen MR) is 149 cm³/mol. The molecule has 0 saturated heterocycles. The van der Waals surface area contributed by atoms with Gasteiger partial charge in [-0.25, -0.2) is 14.4 Å². The second kappa shape index (κ2) is 18.0. The molecule has 0 fully saturated rings. The summed E-state index contributed by atoms with van der Waals surface area (Å²) in [5.74, 6) is -2.57. The first kappa shape index (κ1) is 35.5. The summed E-state index contributed by atoms with van der Waals surface area (Å²) >= 11 is 0. The summed E-state index contributed by atoms with van der Waals surface area (Å²) in [7, 11) is 0. The first-order valence-corrected chi connectivity index (χ1v) is 13.9. The Morgan fingerprint density at radius 3 is 1.83 bits per heavy atom. The predicted octanol–water partition coefficient (Wildman–Crippen LogP) is 5.89. The number of rotatable bonds is 16. The first-order valence-electron chi connectivity index (χ1n) is 13.9. The quantitative estimate of drug-likeness (QED) is 0.134. The van der Waals surface area contributed by atoms with Crippen molar-refractivity contribution >= 4 is 24.4 Å². The van der Waals surface area contributed by atoms with Crippen molar-refractivity contribution in [2.75, 3.05) is 19.8 Å². The van der Waals surface area contributed by atoms with E-state index in [4.69, 9.17) is 34.2 Å². The monoisotopic (exact) mass is 583 g/mol. The molecule has 3 unspecified atom stereocenters. The lowest BCUT2D eigenvalue weighted by molar-refractivity contribution is -0.139. The molecular formula is C29H45NO11. The van der Waals surface area contributed by atoms with E-state index >= 15 is 0 Å². The number of carboxylic acid groups (broad SMARTS) is 1. The smallest absolute Gasteiger partial charge is 0.480 e. The SMILES string of the molecule is CCC(C)OC(=O)OCC(C)C(c1ccc(OC(=O)OCCC(C)C)c(OC(=O)OCCC(C)C)c1)[C@H](N)C(=O)O. The summed E-state index contributed by atoms with van der Waals surface area (Å²) < 4.78 is 31.1. The van der Waals surface area contributed by atoms with Crippen molar-refractivity contribution in [1.82, 2.24) is 0 Å². The highest BCUT2D eigenvalue weighted by atomic mass is 16.7. The van der Waals surface area contributed by atoms with Crippen LogP contribution in [0.1, 0.15) is 79.2 Å². The molecule has 1 aromatic carbocycles. The van der Waals surface area contributed by atoms with Gasteiger partial charge in [0.15, 0.2) is 11.5 Å². The van der Waals surface area contributed by atoms with Crippen molar-refractivity contribution in [3.05, 3.63) is 23.8 Å². The van der Waals surface area contributed by atoms with Gasteiger partial charge in [-0.3, -0.25) is 4.79 Å². The van der Waals surface area contributed by atoms with Crippen LogP contribution in [0.3, 0.4) is 0 Å². The maximum Gasteiger partial charge on any atom is 0.513 e. The van der Waals surface area contributed by atoms with Crippen molar-refractivity contribution in [3.63, 3.8) is 0 Å². The van der Waals surface area contributed by atoms with E-state index in [1.54, 1.807) is 13.8 Å². The van der Waals surface area contributed by atoms with Gasteiger partial charge in [0.25, 0.3) is 0 Å². The van der Waals surface area contributed by atoms with Crippen LogP contribution in [0.5, 0.6) is 11.5 Å². The van der Waals surface area contributed by atoms with Crippen LogP contribution in [-0.4, -0.2) is 61.5 Å². The van der Waals surface area contributed by atoms with Crippen molar-refractivity contribution in [2.24, 2.45) is 23.5 Å². The van der Waals surface area contributed by atoms with Gasteiger partial charge in [0, 0.05) is 5.92 Å². The number of carbonyl (C=O) groups is 4. The summed E-state index contributed by atoms with van der Waals surface area (Å²) in [6.45, 7) is 13.1. The molecule has 0 bridgehead atoms. The Morgan fingerprint density at radius 2 is 1.34 bits per heavy atom. The van der Waals surface area contributed by atoms with Gasteiger partial charge in [0.2, 0.25) is 0 Å². The normalized spacial score (nSPS) is 14.0. The molecule has 0 radical (unpaired) electrons. The van der Waals surface area contributed by atoms with Crippen LogP contribution in [-0.2, 0) is 23.7 Å². The van der Waals surface area contributed by atoms with Crippen molar-refractivity contribution < 1.29 is 52.7 Å². The molecule has 0 heterocycles. The number of benzene rings is 1. The van der Waals surface area contributed by atoms with Crippen molar-refractivity contribution in [1.29, 1.82) is 0 Å². The van der Waals surface area contributed by atoms with Gasteiger partial charge in [-0.1, -0.05) is 47.6 Å². The summed E-state index contributed by atoms with van der Waals surface area (Å²) in [4.78, 5) is 48.6. The molecule has 0 amide bonds. The Labute approximate surface area is 241 Å². The van der Waals surface area contributed by atoms with Gasteiger partial charge in [-0.05, 0) is 61.6 Å². The van der Waals surface area contributed by atoms with Gasteiger partial charge in [0.05, 0.1) is 19.8 Å². The van der Waals surface area contributed by atoms with E-state index in [2.05, 4.69) is 0 Å². The minimum absolute atomic E-state index is 0.108. The minimum atomic E-state index is -1.42. The van der Waals surface area contributed by atoms with E-state index in [1.165, 1.54) is 18.2 Å². The Kier molecular flexibility index (Phi) is 15.6. The van der Waals surface area contributed by atoms with Gasteiger partial charge >= 0.3 is 24.4 Å².